The molecule has 1 aliphatic rings. The number of carbonyl (C=O) groups excluding carboxylic acids is 2. The lowest BCUT2D eigenvalue weighted by molar-refractivity contribution is -0.153. The monoisotopic (exact) mass is 422 g/mol. The molecule has 1 aromatic heterocycles. The normalized spacial score (nSPS) is 16.6. The van der Waals surface area contributed by atoms with Crippen LogP contribution >= 0.6 is 0 Å². The first kappa shape index (κ1) is 21.3. The molecular formula is C19H26N4O5S. The smallest absolute Gasteiger partial charge is 0.307 e. The Kier molecular flexibility index (Phi) is 6.23. The van der Waals surface area contributed by atoms with Crippen molar-refractivity contribution in [2.75, 3.05) is 13.1 Å². The van der Waals surface area contributed by atoms with Gasteiger partial charge in [-0.2, -0.15) is 4.31 Å². The number of hydrogen-bond donors (Lipinski definition) is 1. The number of amides is 1. The fourth-order valence-electron chi connectivity index (χ4n) is 3.40. The van der Waals surface area contributed by atoms with Gasteiger partial charge >= 0.3 is 5.97 Å². The van der Waals surface area contributed by atoms with Crippen molar-refractivity contribution in [3.8, 4) is 0 Å². The van der Waals surface area contributed by atoms with Crippen molar-refractivity contribution in [2.24, 2.45) is 12.8 Å². The molecule has 2 aromatic rings. The van der Waals surface area contributed by atoms with Crippen LogP contribution in [0.25, 0.3) is 11.0 Å². The Labute approximate surface area is 169 Å². The van der Waals surface area contributed by atoms with Gasteiger partial charge in [-0.3, -0.25) is 9.59 Å². The molecule has 1 saturated heterocycles. The van der Waals surface area contributed by atoms with E-state index in [0.29, 0.717) is 30.9 Å². The van der Waals surface area contributed by atoms with Crippen molar-refractivity contribution >= 4 is 32.9 Å². The van der Waals surface area contributed by atoms with E-state index >= 15 is 0 Å². The number of ether oxygens (including phenoxy) is 1. The standard InChI is InChI=1S/C19H26N4O5S/c1-13(19(20)25)28-18(24)9-8-17-21-15-12-14(6-7-16(15)22(17)2)29(26,27)23-10-4-3-5-11-23/h6-7,12-13H,3-5,8-11H2,1-2H3,(H2,20,25)/t13-/m1/s1. The zero-order valence-electron chi connectivity index (χ0n) is 16.6. The van der Waals surface area contributed by atoms with Crippen molar-refractivity contribution in [2.45, 2.75) is 50.0 Å². The first-order chi connectivity index (χ1) is 13.7. The van der Waals surface area contributed by atoms with E-state index in [1.807, 2.05) is 4.57 Å². The van der Waals surface area contributed by atoms with Gasteiger partial charge in [0.25, 0.3) is 5.91 Å². The van der Waals surface area contributed by atoms with Gasteiger partial charge in [-0.05, 0) is 38.0 Å². The maximum absolute atomic E-state index is 12.9. The van der Waals surface area contributed by atoms with Crippen molar-refractivity contribution in [1.82, 2.24) is 13.9 Å². The maximum Gasteiger partial charge on any atom is 0.307 e. The van der Waals surface area contributed by atoms with Gasteiger partial charge in [-0.1, -0.05) is 6.42 Å². The van der Waals surface area contributed by atoms with Gasteiger partial charge in [0.05, 0.1) is 22.3 Å². The number of imidazole rings is 1. The van der Waals surface area contributed by atoms with Crippen LogP contribution in [-0.4, -0.2) is 53.3 Å². The molecule has 1 aromatic carbocycles. The molecule has 1 aliphatic heterocycles. The van der Waals surface area contributed by atoms with E-state index in [0.717, 1.165) is 24.8 Å². The van der Waals surface area contributed by atoms with E-state index in [4.69, 9.17) is 10.5 Å². The van der Waals surface area contributed by atoms with Crippen molar-refractivity contribution in [3.05, 3.63) is 24.0 Å². The number of carbonyl (C=O) groups is 2. The molecule has 29 heavy (non-hydrogen) atoms. The molecule has 1 amide bonds. The average Bonchev–Trinajstić information content (AvgIpc) is 3.02. The fourth-order valence-corrected chi connectivity index (χ4v) is 4.93. The summed E-state index contributed by atoms with van der Waals surface area (Å²) in [6, 6.07) is 4.91. The van der Waals surface area contributed by atoms with Gasteiger partial charge in [0.15, 0.2) is 6.10 Å². The Balaban J connectivity index is 1.77. The van der Waals surface area contributed by atoms with E-state index in [1.165, 1.54) is 11.2 Å². The third kappa shape index (κ3) is 4.59. The van der Waals surface area contributed by atoms with Gasteiger partial charge < -0.3 is 15.0 Å². The van der Waals surface area contributed by atoms with E-state index in [1.54, 1.807) is 25.2 Å². The summed E-state index contributed by atoms with van der Waals surface area (Å²) in [5.41, 5.74) is 6.41. The second-order valence-corrected chi connectivity index (χ2v) is 9.17. The van der Waals surface area contributed by atoms with Crippen molar-refractivity contribution < 1.29 is 22.7 Å². The highest BCUT2D eigenvalue weighted by Crippen LogP contribution is 2.25. The van der Waals surface area contributed by atoms with Gasteiger partial charge in [-0.15, -0.1) is 0 Å². The largest absolute Gasteiger partial charge is 0.453 e. The van der Waals surface area contributed by atoms with E-state index in [9.17, 15) is 18.0 Å². The number of sulfonamides is 1. The predicted molar refractivity (Wildman–Crippen MR) is 106 cm³/mol. The number of benzene rings is 1. The molecule has 0 radical (unpaired) electrons. The minimum atomic E-state index is -3.54. The van der Waals surface area contributed by atoms with Crippen molar-refractivity contribution in [3.63, 3.8) is 0 Å². The quantitative estimate of drug-likeness (QED) is 0.666. The van der Waals surface area contributed by atoms with Crippen LogP contribution in [0, 0.1) is 0 Å². The minimum absolute atomic E-state index is 0.0354. The van der Waals surface area contributed by atoms with Gasteiger partial charge in [0.2, 0.25) is 10.0 Å². The van der Waals surface area contributed by atoms with E-state index < -0.39 is 28.0 Å². The molecule has 0 spiro atoms. The van der Waals surface area contributed by atoms with Crippen LogP contribution in [0.5, 0.6) is 0 Å². The maximum atomic E-state index is 12.9. The second kappa shape index (κ2) is 8.50. The third-order valence-electron chi connectivity index (χ3n) is 5.16. The molecule has 9 nitrogen and oxygen atoms in total. The summed E-state index contributed by atoms with van der Waals surface area (Å²) in [6.45, 7) is 2.50. The van der Waals surface area contributed by atoms with Gasteiger partial charge in [-0.25, -0.2) is 13.4 Å². The summed E-state index contributed by atoms with van der Waals surface area (Å²) in [5.74, 6) is -0.628. The molecule has 1 fully saturated rings. The number of rotatable bonds is 7. The van der Waals surface area contributed by atoms with Crippen molar-refractivity contribution in [1.29, 1.82) is 0 Å². The molecule has 1 atom stereocenters. The number of nitrogens with two attached hydrogens (primary N) is 1. The molecule has 2 heterocycles. The van der Waals surface area contributed by atoms with E-state index in [2.05, 4.69) is 4.98 Å². The first-order valence-electron chi connectivity index (χ1n) is 9.64. The Morgan fingerprint density at radius 1 is 1.24 bits per heavy atom. The molecular weight excluding hydrogens is 396 g/mol. The van der Waals surface area contributed by atoms with Crippen LogP contribution < -0.4 is 5.73 Å². The lowest BCUT2D eigenvalue weighted by Gasteiger charge is -2.25. The van der Waals surface area contributed by atoms with Crippen LogP contribution in [-0.2, 0) is 37.8 Å². The highest BCUT2D eigenvalue weighted by molar-refractivity contribution is 7.89. The van der Waals surface area contributed by atoms with Crippen LogP contribution in [0.15, 0.2) is 23.1 Å². The molecule has 3 rings (SSSR count). The van der Waals surface area contributed by atoms with Crippen LogP contribution in [0.2, 0.25) is 0 Å². The first-order valence-corrected chi connectivity index (χ1v) is 11.1. The van der Waals surface area contributed by atoms with Crippen LogP contribution in [0.1, 0.15) is 38.4 Å². The Hall–Kier alpha value is -2.46. The highest BCUT2D eigenvalue weighted by Gasteiger charge is 2.26. The summed E-state index contributed by atoms with van der Waals surface area (Å²) in [5, 5.41) is 0. The molecule has 158 valence electrons. The summed E-state index contributed by atoms with van der Waals surface area (Å²) >= 11 is 0. The number of aryl methyl sites for hydroxylation is 2. The topological polar surface area (TPSA) is 125 Å². The van der Waals surface area contributed by atoms with Crippen LogP contribution in [0.4, 0.5) is 0 Å². The lowest BCUT2D eigenvalue weighted by atomic mass is 10.2. The number of esters is 1. The molecule has 0 unspecified atom stereocenters. The Morgan fingerprint density at radius 3 is 2.59 bits per heavy atom. The minimum Gasteiger partial charge on any atom is -0.453 e. The molecule has 0 saturated carbocycles. The number of hydrogen-bond acceptors (Lipinski definition) is 6. The highest BCUT2D eigenvalue weighted by atomic mass is 32.2. The lowest BCUT2D eigenvalue weighted by Crippen LogP contribution is -2.35. The number of aromatic nitrogens is 2. The molecule has 0 bridgehead atoms. The Bertz CT molecular complexity index is 1020. The zero-order chi connectivity index (χ0) is 21.2. The fraction of sp³-hybridized carbons (Fsp3) is 0.526. The number of nitrogens with zero attached hydrogens (tertiary/aromatic N) is 3. The summed E-state index contributed by atoms with van der Waals surface area (Å²) in [4.78, 5) is 27.6. The summed E-state index contributed by atoms with van der Waals surface area (Å²) < 4.78 is 34.1. The predicted octanol–water partition coefficient (Wildman–Crippen LogP) is 1.10. The second-order valence-electron chi connectivity index (χ2n) is 7.24. The zero-order valence-corrected chi connectivity index (χ0v) is 17.4. The van der Waals surface area contributed by atoms with E-state index in [-0.39, 0.29) is 11.3 Å². The molecule has 0 aliphatic carbocycles. The number of primary amides is 1. The molecule has 2 N–H and O–H groups in total. The third-order valence-corrected chi connectivity index (χ3v) is 7.05. The average molecular weight is 423 g/mol. The summed E-state index contributed by atoms with van der Waals surface area (Å²) in [6.07, 6.45) is 2.15. The Morgan fingerprint density at radius 2 is 1.93 bits per heavy atom. The molecule has 10 heteroatoms. The summed E-state index contributed by atoms with van der Waals surface area (Å²) in [7, 11) is -1.73. The van der Waals surface area contributed by atoms with Gasteiger partial charge in [0.1, 0.15) is 5.82 Å². The van der Waals surface area contributed by atoms with Gasteiger partial charge in [0, 0.05) is 26.6 Å². The van der Waals surface area contributed by atoms with Crippen LogP contribution in [0.3, 0.4) is 0 Å². The SMILES string of the molecule is C[C@@H](OC(=O)CCc1nc2cc(S(=O)(=O)N3CCCCC3)ccc2n1C)C(N)=O. The number of piperidine rings is 1. The number of fused-ring (bicyclic) bond motifs is 1.